The van der Waals surface area contributed by atoms with E-state index in [2.05, 4.69) is 15.4 Å². The first-order valence-corrected chi connectivity index (χ1v) is 12.7. The van der Waals surface area contributed by atoms with E-state index in [4.69, 9.17) is 0 Å². The van der Waals surface area contributed by atoms with Crippen LogP contribution in [0.15, 0.2) is 24.3 Å². The van der Waals surface area contributed by atoms with Crippen molar-refractivity contribution in [2.24, 2.45) is 11.3 Å². The zero-order valence-corrected chi connectivity index (χ0v) is 21.4. The van der Waals surface area contributed by atoms with Crippen molar-refractivity contribution in [2.45, 2.75) is 56.7 Å². The number of anilines is 1. The molecule has 3 aliphatic rings. The lowest BCUT2D eigenvalue weighted by Gasteiger charge is -2.26. The molecule has 4 rings (SSSR count). The molecular weight excluding hydrogens is 566 g/mol. The Bertz CT molecular complexity index is 1230. The summed E-state index contributed by atoms with van der Waals surface area (Å²) in [5.74, 6) is -6.04. The standard InChI is InChI=1S/C25H26F6N4O6/c26-24(27,28)14-3-1-2-4-15(14)33-21(39)22(40)35-12-23(6-7-23)10-17(35)20(38)34-16(9-13-5-8-32-19(13)37)18(36)11-41-25(29,30)31/h1-4,13,16-17H,5-12H2,(H,32,37)(H,33,39)(H,34,38)/t13-,16-,17-/m0/s1. The monoisotopic (exact) mass is 592 g/mol. The Morgan fingerprint density at radius 3 is 2.37 bits per heavy atom. The van der Waals surface area contributed by atoms with Crippen molar-refractivity contribution in [2.75, 3.05) is 25.0 Å². The van der Waals surface area contributed by atoms with E-state index < -0.39 is 83.2 Å². The molecule has 3 N–H and O–H groups in total. The van der Waals surface area contributed by atoms with Gasteiger partial charge in [0.05, 0.1) is 17.3 Å². The SMILES string of the molecule is O=C(Nc1ccccc1C(F)(F)F)C(=O)N1CC2(CC2)C[C@H]1C(=O)N[C@@H](C[C@@H]1CCNC1=O)C(=O)COC(F)(F)F. The van der Waals surface area contributed by atoms with Crippen molar-refractivity contribution in [3.63, 3.8) is 0 Å². The quantitative estimate of drug-likeness (QED) is 0.313. The average Bonchev–Trinajstić information content (AvgIpc) is 3.35. The molecule has 2 aliphatic heterocycles. The van der Waals surface area contributed by atoms with E-state index in [0.717, 1.165) is 23.1 Å². The van der Waals surface area contributed by atoms with Crippen molar-refractivity contribution in [3.05, 3.63) is 29.8 Å². The summed E-state index contributed by atoms with van der Waals surface area (Å²) in [6.07, 6.45) is -8.73. The first kappa shape index (κ1) is 30.3. The lowest BCUT2D eigenvalue weighted by molar-refractivity contribution is -0.321. The van der Waals surface area contributed by atoms with E-state index in [1.54, 1.807) is 0 Å². The Balaban J connectivity index is 1.50. The van der Waals surface area contributed by atoms with Gasteiger partial charge in [0.25, 0.3) is 0 Å². The van der Waals surface area contributed by atoms with E-state index in [0.29, 0.717) is 12.8 Å². The minimum absolute atomic E-state index is 0.0565. The molecule has 1 aromatic carbocycles. The molecule has 41 heavy (non-hydrogen) atoms. The fourth-order valence-electron chi connectivity index (χ4n) is 5.14. The molecule has 1 saturated carbocycles. The smallest absolute Gasteiger partial charge is 0.356 e. The molecule has 0 aromatic heterocycles. The summed E-state index contributed by atoms with van der Waals surface area (Å²) < 4.78 is 81.2. The van der Waals surface area contributed by atoms with E-state index in [1.807, 2.05) is 5.32 Å². The van der Waals surface area contributed by atoms with Gasteiger partial charge in [0, 0.05) is 19.0 Å². The molecule has 0 radical (unpaired) electrons. The minimum Gasteiger partial charge on any atom is -0.356 e. The number of hydrogen-bond donors (Lipinski definition) is 3. The average molecular weight is 592 g/mol. The molecule has 2 heterocycles. The van der Waals surface area contributed by atoms with Gasteiger partial charge in [-0.05, 0) is 49.7 Å². The number of Topliss-reactive ketones (excluding diaryl/α,β-unsaturated/α-hetero) is 1. The second-order valence-corrected chi connectivity index (χ2v) is 10.4. The highest BCUT2D eigenvalue weighted by atomic mass is 19.4. The van der Waals surface area contributed by atoms with E-state index in [9.17, 15) is 50.3 Å². The van der Waals surface area contributed by atoms with Crippen LogP contribution < -0.4 is 16.0 Å². The second kappa shape index (κ2) is 11.3. The van der Waals surface area contributed by atoms with Crippen molar-refractivity contribution < 1.29 is 55.1 Å². The maximum absolute atomic E-state index is 13.3. The van der Waals surface area contributed by atoms with Crippen LogP contribution >= 0.6 is 0 Å². The molecule has 2 saturated heterocycles. The lowest BCUT2D eigenvalue weighted by atomic mass is 9.95. The molecule has 224 valence electrons. The summed E-state index contributed by atoms with van der Waals surface area (Å²) >= 11 is 0. The Kier molecular flexibility index (Phi) is 8.34. The summed E-state index contributed by atoms with van der Waals surface area (Å²) in [5.41, 5.74) is -2.36. The number of ketones is 1. The molecule has 1 spiro atoms. The predicted octanol–water partition coefficient (Wildman–Crippen LogP) is 2.14. The largest absolute Gasteiger partial charge is 0.522 e. The molecule has 0 bridgehead atoms. The highest BCUT2D eigenvalue weighted by molar-refractivity contribution is 6.40. The Labute approximate surface area is 229 Å². The van der Waals surface area contributed by atoms with Crippen LogP contribution in [0.2, 0.25) is 0 Å². The number of halogens is 6. The van der Waals surface area contributed by atoms with Gasteiger partial charge in [-0.3, -0.25) is 28.7 Å². The first-order chi connectivity index (χ1) is 19.1. The van der Waals surface area contributed by atoms with Gasteiger partial charge in [0.15, 0.2) is 5.78 Å². The number of nitrogens with zero attached hydrogens (tertiary/aromatic N) is 1. The number of ether oxygens (including phenoxy) is 1. The number of amides is 4. The summed E-state index contributed by atoms with van der Waals surface area (Å²) in [6, 6.07) is 1.11. The molecule has 16 heteroatoms. The van der Waals surface area contributed by atoms with Crippen molar-refractivity contribution in [1.82, 2.24) is 15.5 Å². The number of nitrogens with one attached hydrogen (secondary N) is 3. The van der Waals surface area contributed by atoms with E-state index >= 15 is 0 Å². The molecule has 4 amide bonds. The van der Waals surface area contributed by atoms with Gasteiger partial charge in [-0.1, -0.05) is 12.1 Å². The van der Waals surface area contributed by atoms with Crippen LogP contribution in [0.25, 0.3) is 0 Å². The zero-order chi connectivity index (χ0) is 30.2. The number of alkyl halides is 6. The number of para-hydroxylation sites is 1. The van der Waals surface area contributed by atoms with E-state index in [1.165, 1.54) is 6.07 Å². The lowest BCUT2D eigenvalue weighted by Crippen LogP contribution is -2.53. The number of benzene rings is 1. The normalized spacial score (nSPS) is 22.3. The molecule has 3 fully saturated rings. The van der Waals surface area contributed by atoms with Crippen LogP contribution in [0.3, 0.4) is 0 Å². The second-order valence-electron chi connectivity index (χ2n) is 10.4. The summed E-state index contributed by atoms with van der Waals surface area (Å²) in [6.45, 7) is -1.21. The highest BCUT2D eigenvalue weighted by Crippen LogP contribution is 2.55. The fraction of sp³-hybridized carbons (Fsp3) is 0.560. The number of carbonyl (C=O) groups excluding carboxylic acids is 5. The van der Waals surface area contributed by atoms with Gasteiger partial charge in [-0.2, -0.15) is 13.2 Å². The molecular formula is C25H26F6N4O6. The van der Waals surface area contributed by atoms with E-state index in [-0.39, 0.29) is 32.4 Å². The van der Waals surface area contributed by atoms with Crippen LogP contribution in [-0.4, -0.2) is 72.5 Å². The highest BCUT2D eigenvalue weighted by Gasteiger charge is 2.56. The van der Waals surface area contributed by atoms with Crippen LogP contribution in [0.1, 0.15) is 37.7 Å². The molecule has 1 aromatic rings. The Morgan fingerprint density at radius 2 is 1.78 bits per heavy atom. The molecule has 1 aliphatic carbocycles. The Morgan fingerprint density at radius 1 is 1.10 bits per heavy atom. The number of likely N-dealkylation sites (tertiary alicyclic amines) is 1. The van der Waals surface area contributed by atoms with Crippen LogP contribution in [-0.2, 0) is 34.9 Å². The maximum Gasteiger partial charge on any atom is 0.522 e. The summed E-state index contributed by atoms with van der Waals surface area (Å²) in [4.78, 5) is 64.6. The van der Waals surface area contributed by atoms with Gasteiger partial charge in [-0.25, -0.2) is 0 Å². The minimum atomic E-state index is -5.12. The third-order valence-corrected chi connectivity index (χ3v) is 7.47. The van der Waals surface area contributed by atoms with Crippen LogP contribution in [0, 0.1) is 11.3 Å². The Hall–Kier alpha value is -3.69. The molecule has 10 nitrogen and oxygen atoms in total. The third kappa shape index (κ3) is 7.34. The third-order valence-electron chi connectivity index (χ3n) is 7.47. The maximum atomic E-state index is 13.3. The summed E-state index contributed by atoms with van der Waals surface area (Å²) in [7, 11) is 0. The topological polar surface area (TPSA) is 134 Å². The van der Waals surface area contributed by atoms with Crippen molar-refractivity contribution >= 4 is 35.1 Å². The zero-order valence-electron chi connectivity index (χ0n) is 21.4. The van der Waals surface area contributed by atoms with Crippen molar-refractivity contribution in [3.8, 4) is 0 Å². The summed E-state index contributed by atoms with van der Waals surface area (Å²) in [5, 5.41) is 6.78. The fourth-order valence-corrected chi connectivity index (χ4v) is 5.14. The molecule has 3 atom stereocenters. The predicted molar refractivity (Wildman–Crippen MR) is 127 cm³/mol. The van der Waals surface area contributed by atoms with Gasteiger partial charge in [-0.15, -0.1) is 13.2 Å². The van der Waals surface area contributed by atoms with Gasteiger partial charge in [0.2, 0.25) is 11.8 Å². The van der Waals surface area contributed by atoms with Crippen LogP contribution in [0.4, 0.5) is 32.0 Å². The van der Waals surface area contributed by atoms with Gasteiger partial charge in [0.1, 0.15) is 12.6 Å². The number of carbonyl (C=O) groups is 5. The number of rotatable bonds is 8. The van der Waals surface area contributed by atoms with Crippen molar-refractivity contribution in [1.29, 1.82) is 0 Å². The van der Waals surface area contributed by atoms with Gasteiger partial charge < -0.3 is 20.9 Å². The van der Waals surface area contributed by atoms with Crippen LogP contribution in [0.5, 0.6) is 0 Å². The van der Waals surface area contributed by atoms with Gasteiger partial charge >= 0.3 is 24.4 Å². The number of hydrogen-bond acceptors (Lipinski definition) is 6. The first-order valence-electron chi connectivity index (χ1n) is 12.7. The molecule has 0 unspecified atom stereocenters.